The van der Waals surface area contributed by atoms with E-state index in [4.69, 9.17) is 9.47 Å². The SMILES string of the molecule is CN=C(NCCCOC1CCOCC1)N1CCC(C)CC1.I. The number of halogens is 1. The average molecular weight is 425 g/mol. The van der Waals surface area contributed by atoms with Crippen molar-refractivity contribution in [1.82, 2.24) is 10.2 Å². The number of ether oxygens (including phenoxy) is 2. The standard InChI is InChI=1S/C16H31N3O2.HI/c1-14-4-9-19(10-5-14)16(17-2)18-8-3-11-21-15-6-12-20-13-7-15;/h14-15H,3-13H2,1-2H3,(H,17,18);1H. The maximum absolute atomic E-state index is 5.88. The highest BCUT2D eigenvalue weighted by molar-refractivity contribution is 14.0. The van der Waals surface area contributed by atoms with E-state index < -0.39 is 0 Å². The lowest BCUT2D eigenvalue weighted by Crippen LogP contribution is -2.45. The topological polar surface area (TPSA) is 46.1 Å². The highest BCUT2D eigenvalue weighted by atomic mass is 127. The Kier molecular flexibility index (Phi) is 10.4. The third-order valence-electron chi connectivity index (χ3n) is 4.42. The van der Waals surface area contributed by atoms with Crippen molar-refractivity contribution in [3.05, 3.63) is 0 Å². The zero-order chi connectivity index (χ0) is 14.9. The Morgan fingerprint density at radius 1 is 1.23 bits per heavy atom. The molecule has 0 bridgehead atoms. The minimum atomic E-state index is 0. The zero-order valence-corrected chi connectivity index (χ0v) is 16.4. The lowest BCUT2D eigenvalue weighted by atomic mass is 10.00. The third kappa shape index (κ3) is 7.00. The van der Waals surface area contributed by atoms with Gasteiger partial charge in [0.2, 0.25) is 0 Å². The van der Waals surface area contributed by atoms with E-state index in [0.717, 1.165) is 70.6 Å². The highest BCUT2D eigenvalue weighted by Gasteiger charge is 2.18. The number of likely N-dealkylation sites (tertiary alicyclic amines) is 1. The van der Waals surface area contributed by atoms with Crippen LogP contribution in [0.3, 0.4) is 0 Å². The number of aliphatic imine (C=N–C) groups is 1. The Hall–Kier alpha value is -0.0800. The van der Waals surface area contributed by atoms with Gasteiger partial charge in [0, 0.05) is 46.5 Å². The number of guanidine groups is 1. The van der Waals surface area contributed by atoms with Gasteiger partial charge >= 0.3 is 0 Å². The van der Waals surface area contributed by atoms with Crippen LogP contribution in [0.2, 0.25) is 0 Å². The molecule has 0 amide bonds. The third-order valence-corrected chi connectivity index (χ3v) is 4.42. The molecule has 2 aliphatic rings. The molecule has 0 aromatic carbocycles. The van der Waals surface area contributed by atoms with E-state index in [1.165, 1.54) is 12.8 Å². The van der Waals surface area contributed by atoms with Crippen LogP contribution in [0.25, 0.3) is 0 Å². The van der Waals surface area contributed by atoms with E-state index in [2.05, 4.69) is 22.1 Å². The number of hydrogen-bond acceptors (Lipinski definition) is 3. The van der Waals surface area contributed by atoms with E-state index in [1.54, 1.807) is 0 Å². The fourth-order valence-electron chi connectivity index (χ4n) is 2.92. The van der Waals surface area contributed by atoms with Crippen LogP contribution in [-0.2, 0) is 9.47 Å². The summed E-state index contributed by atoms with van der Waals surface area (Å²) in [6.45, 7) is 8.04. The first-order chi connectivity index (χ1) is 10.3. The molecule has 22 heavy (non-hydrogen) atoms. The van der Waals surface area contributed by atoms with Crippen LogP contribution in [0.5, 0.6) is 0 Å². The van der Waals surface area contributed by atoms with Crippen molar-refractivity contribution in [3.63, 3.8) is 0 Å². The van der Waals surface area contributed by atoms with E-state index in [1.807, 2.05) is 7.05 Å². The molecule has 1 N–H and O–H groups in total. The Morgan fingerprint density at radius 2 is 1.91 bits per heavy atom. The van der Waals surface area contributed by atoms with Crippen molar-refractivity contribution in [2.45, 2.75) is 45.1 Å². The quantitative estimate of drug-likeness (QED) is 0.318. The Morgan fingerprint density at radius 3 is 2.55 bits per heavy atom. The lowest BCUT2D eigenvalue weighted by molar-refractivity contribution is -0.0320. The molecule has 2 fully saturated rings. The van der Waals surface area contributed by atoms with Crippen molar-refractivity contribution in [2.75, 3.05) is 46.5 Å². The van der Waals surface area contributed by atoms with Gasteiger partial charge in [0.1, 0.15) is 0 Å². The second kappa shape index (κ2) is 11.5. The summed E-state index contributed by atoms with van der Waals surface area (Å²) in [5, 5.41) is 3.46. The largest absolute Gasteiger partial charge is 0.381 e. The van der Waals surface area contributed by atoms with E-state index in [9.17, 15) is 0 Å². The molecule has 2 saturated heterocycles. The van der Waals surface area contributed by atoms with Crippen molar-refractivity contribution >= 4 is 29.9 Å². The van der Waals surface area contributed by atoms with Crippen LogP contribution in [-0.4, -0.2) is 63.5 Å². The van der Waals surface area contributed by atoms with Crippen LogP contribution >= 0.6 is 24.0 Å². The molecule has 0 radical (unpaired) electrons. The summed E-state index contributed by atoms with van der Waals surface area (Å²) in [5.41, 5.74) is 0. The highest BCUT2D eigenvalue weighted by Crippen LogP contribution is 2.15. The lowest BCUT2D eigenvalue weighted by Gasteiger charge is -2.33. The average Bonchev–Trinajstić information content (AvgIpc) is 2.53. The summed E-state index contributed by atoms with van der Waals surface area (Å²) < 4.78 is 11.2. The monoisotopic (exact) mass is 425 g/mol. The summed E-state index contributed by atoms with van der Waals surface area (Å²) in [5.74, 6) is 1.90. The second-order valence-corrected chi connectivity index (χ2v) is 6.18. The fraction of sp³-hybridized carbons (Fsp3) is 0.938. The molecule has 0 spiro atoms. The molecule has 2 rings (SSSR count). The molecule has 6 heteroatoms. The van der Waals surface area contributed by atoms with Crippen LogP contribution in [0.4, 0.5) is 0 Å². The maximum Gasteiger partial charge on any atom is 0.193 e. The van der Waals surface area contributed by atoms with Gasteiger partial charge in [0.25, 0.3) is 0 Å². The molecule has 2 aliphatic heterocycles. The van der Waals surface area contributed by atoms with Crippen molar-refractivity contribution in [3.8, 4) is 0 Å². The molecule has 0 atom stereocenters. The van der Waals surface area contributed by atoms with Gasteiger partial charge in [-0.3, -0.25) is 4.99 Å². The van der Waals surface area contributed by atoms with Gasteiger partial charge in [-0.15, -0.1) is 24.0 Å². The zero-order valence-electron chi connectivity index (χ0n) is 14.1. The van der Waals surface area contributed by atoms with Gasteiger partial charge in [0.05, 0.1) is 6.10 Å². The molecular formula is C16H32IN3O2. The molecule has 2 heterocycles. The number of rotatable bonds is 5. The summed E-state index contributed by atoms with van der Waals surface area (Å²) in [7, 11) is 1.87. The summed E-state index contributed by atoms with van der Waals surface area (Å²) in [6.07, 6.45) is 6.06. The normalized spacial score (nSPS) is 21.5. The van der Waals surface area contributed by atoms with E-state index >= 15 is 0 Å². The van der Waals surface area contributed by atoms with Gasteiger partial charge in [-0.25, -0.2) is 0 Å². The minimum absolute atomic E-state index is 0. The minimum Gasteiger partial charge on any atom is -0.381 e. The molecular weight excluding hydrogens is 393 g/mol. The molecule has 0 saturated carbocycles. The van der Waals surface area contributed by atoms with Gasteiger partial charge in [0.15, 0.2) is 5.96 Å². The first-order valence-corrected chi connectivity index (χ1v) is 8.44. The molecule has 0 aromatic rings. The van der Waals surface area contributed by atoms with Gasteiger partial charge in [-0.1, -0.05) is 6.92 Å². The predicted molar refractivity (Wildman–Crippen MR) is 101 cm³/mol. The molecule has 0 unspecified atom stereocenters. The van der Waals surface area contributed by atoms with E-state index in [-0.39, 0.29) is 24.0 Å². The van der Waals surface area contributed by atoms with Crippen molar-refractivity contribution in [2.24, 2.45) is 10.9 Å². The molecule has 0 aromatic heterocycles. The van der Waals surface area contributed by atoms with Crippen molar-refractivity contribution in [1.29, 1.82) is 0 Å². The number of piperidine rings is 1. The van der Waals surface area contributed by atoms with Crippen LogP contribution in [0.1, 0.15) is 39.0 Å². The van der Waals surface area contributed by atoms with Crippen LogP contribution in [0, 0.1) is 5.92 Å². The molecule has 0 aliphatic carbocycles. The van der Waals surface area contributed by atoms with Crippen LogP contribution < -0.4 is 5.32 Å². The van der Waals surface area contributed by atoms with Crippen molar-refractivity contribution < 1.29 is 9.47 Å². The second-order valence-electron chi connectivity index (χ2n) is 6.18. The van der Waals surface area contributed by atoms with E-state index in [0.29, 0.717) is 6.10 Å². The Bertz CT molecular complexity index is 315. The summed E-state index contributed by atoms with van der Waals surface area (Å²) in [4.78, 5) is 6.77. The smallest absolute Gasteiger partial charge is 0.193 e. The van der Waals surface area contributed by atoms with Gasteiger partial charge in [-0.05, 0) is 38.0 Å². The number of hydrogen-bond donors (Lipinski definition) is 1. The fourth-order valence-corrected chi connectivity index (χ4v) is 2.92. The molecule has 130 valence electrons. The predicted octanol–water partition coefficient (Wildman–Crippen LogP) is 2.50. The maximum atomic E-state index is 5.88. The summed E-state index contributed by atoms with van der Waals surface area (Å²) >= 11 is 0. The molecule has 5 nitrogen and oxygen atoms in total. The Labute approximate surface area is 152 Å². The van der Waals surface area contributed by atoms with Gasteiger partial charge in [-0.2, -0.15) is 0 Å². The Balaban J connectivity index is 0.00000242. The number of nitrogens with one attached hydrogen (secondary N) is 1. The number of nitrogens with zero attached hydrogens (tertiary/aromatic N) is 2. The first kappa shape index (κ1) is 20.0. The first-order valence-electron chi connectivity index (χ1n) is 8.44. The van der Waals surface area contributed by atoms with Gasteiger partial charge < -0.3 is 19.7 Å². The van der Waals surface area contributed by atoms with Crippen LogP contribution in [0.15, 0.2) is 4.99 Å². The summed E-state index contributed by atoms with van der Waals surface area (Å²) in [6, 6.07) is 0.